The van der Waals surface area contributed by atoms with Gasteiger partial charge in [-0.1, -0.05) is 19.1 Å². The summed E-state index contributed by atoms with van der Waals surface area (Å²) in [7, 11) is 0. The van der Waals surface area contributed by atoms with Crippen LogP contribution < -0.4 is 16.0 Å². The molecule has 0 bridgehead atoms. The van der Waals surface area contributed by atoms with Crippen molar-refractivity contribution in [3.63, 3.8) is 0 Å². The predicted molar refractivity (Wildman–Crippen MR) is 106 cm³/mol. The molecule has 29 heavy (non-hydrogen) atoms. The lowest BCUT2D eigenvalue weighted by Gasteiger charge is -2.29. The van der Waals surface area contributed by atoms with Crippen LogP contribution in [0, 0.1) is 5.41 Å². The van der Waals surface area contributed by atoms with Crippen molar-refractivity contribution in [1.82, 2.24) is 20.9 Å². The van der Waals surface area contributed by atoms with E-state index in [1.807, 2.05) is 18.2 Å². The maximum atomic E-state index is 12.9. The maximum absolute atomic E-state index is 12.9. The number of carbonyl (C=O) groups is 3. The molecular formula is C21H28N4O4. The summed E-state index contributed by atoms with van der Waals surface area (Å²) >= 11 is 0. The molecule has 3 heterocycles. The Balaban J connectivity index is 1.38. The van der Waals surface area contributed by atoms with Crippen molar-refractivity contribution in [2.24, 2.45) is 5.41 Å². The molecule has 3 amide bonds. The van der Waals surface area contributed by atoms with Gasteiger partial charge in [-0.2, -0.15) is 0 Å². The van der Waals surface area contributed by atoms with E-state index in [0.29, 0.717) is 25.1 Å². The van der Waals surface area contributed by atoms with Crippen molar-refractivity contribution >= 4 is 17.7 Å². The normalized spacial score (nSPS) is 27.6. The second-order valence-electron chi connectivity index (χ2n) is 8.54. The first kappa shape index (κ1) is 20.0. The summed E-state index contributed by atoms with van der Waals surface area (Å²) in [6.45, 7) is 7.33. The van der Waals surface area contributed by atoms with E-state index < -0.39 is 6.04 Å². The zero-order valence-electron chi connectivity index (χ0n) is 16.8. The topological polar surface area (TPSA) is 99.8 Å². The van der Waals surface area contributed by atoms with Gasteiger partial charge in [-0.3, -0.25) is 19.7 Å². The van der Waals surface area contributed by atoms with Gasteiger partial charge in [0.15, 0.2) is 0 Å². The van der Waals surface area contributed by atoms with Gasteiger partial charge in [-0.15, -0.1) is 0 Å². The number of piperidine rings is 1. The molecule has 156 valence electrons. The fraction of sp³-hybridized carbons (Fsp3) is 0.571. The first-order chi connectivity index (χ1) is 14.0. The zero-order valence-corrected chi connectivity index (χ0v) is 16.8. The van der Waals surface area contributed by atoms with Gasteiger partial charge in [-0.05, 0) is 23.6 Å². The molecule has 2 atom stereocenters. The number of nitrogens with one attached hydrogen (secondary N) is 3. The van der Waals surface area contributed by atoms with Crippen LogP contribution in [0.15, 0.2) is 18.2 Å². The number of fused-ring (bicyclic) bond motifs is 1. The van der Waals surface area contributed by atoms with Gasteiger partial charge < -0.3 is 20.3 Å². The van der Waals surface area contributed by atoms with Crippen molar-refractivity contribution in [1.29, 1.82) is 0 Å². The second kappa shape index (κ2) is 8.22. The number of benzene rings is 1. The van der Waals surface area contributed by atoms with Crippen LogP contribution in [0.2, 0.25) is 0 Å². The van der Waals surface area contributed by atoms with Crippen molar-refractivity contribution in [2.45, 2.75) is 38.9 Å². The van der Waals surface area contributed by atoms with Crippen LogP contribution in [0.3, 0.4) is 0 Å². The lowest BCUT2D eigenvalue weighted by atomic mass is 9.91. The number of ether oxygens (including phenoxy) is 1. The van der Waals surface area contributed by atoms with E-state index in [4.69, 9.17) is 4.74 Å². The molecule has 0 saturated carbocycles. The Labute approximate surface area is 170 Å². The largest absolute Gasteiger partial charge is 0.379 e. The minimum Gasteiger partial charge on any atom is -0.379 e. The van der Waals surface area contributed by atoms with Gasteiger partial charge in [0, 0.05) is 50.1 Å². The Kier molecular flexibility index (Phi) is 5.67. The highest BCUT2D eigenvalue weighted by molar-refractivity contribution is 6.05. The summed E-state index contributed by atoms with van der Waals surface area (Å²) in [5, 5.41) is 9.22. The molecule has 2 saturated heterocycles. The third kappa shape index (κ3) is 4.34. The summed E-state index contributed by atoms with van der Waals surface area (Å²) < 4.78 is 5.67. The first-order valence-electron chi connectivity index (χ1n) is 10.2. The van der Waals surface area contributed by atoms with Crippen LogP contribution in [-0.2, 0) is 27.4 Å². The van der Waals surface area contributed by atoms with E-state index in [2.05, 4.69) is 22.9 Å². The molecule has 3 aliphatic rings. The second-order valence-corrected chi connectivity index (χ2v) is 8.54. The average Bonchev–Trinajstić information content (AvgIpc) is 2.85. The Morgan fingerprint density at radius 2 is 2.17 bits per heavy atom. The van der Waals surface area contributed by atoms with Gasteiger partial charge in [-0.25, -0.2) is 0 Å². The summed E-state index contributed by atoms with van der Waals surface area (Å²) in [5.74, 6) is -0.784. The molecule has 8 nitrogen and oxygen atoms in total. The average molecular weight is 400 g/mol. The monoisotopic (exact) mass is 400 g/mol. The minimum atomic E-state index is -0.572. The third-order valence-corrected chi connectivity index (χ3v) is 5.90. The fourth-order valence-corrected chi connectivity index (χ4v) is 4.24. The minimum absolute atomic E-state index is 0.0334. The molecule has 3 N–H and O–H groups in total. The van der Waals surface area contributed by atoms with Gasteiger partial charge in [0.05, 0.1) is 13.2 Å². The standard InChI is InChI=1S/C21H28N4O4/c1-21(11-22-6-7-29-13-21)12-23-9-14-2-3-15-10-25(20(28)16(15)8-14)17-4-5-18(26)24-19(17)27/h2-3,8,17,22-23H,4-7,9-13H2,1H3,(H,24,26,27). The SMILES string of the molecule is CC1(CNCc2ccc3c(c2)C(=O)N(C2CCC(=O)NC2=O)C3)CNCCOC1. The number of hydrogen-bond acceptors (Lipinski definition) is 6. The van der Waals surface area contributed by atoms with E-state index >= 15 is 0 Å². The van der Waals surface area contributed by atoms with Crippen LogP contribution in [0.5, 0.6) is 0 Å². The molecule has 4 rings (SSSR count). The van der Waals surface area contributed by atoms with Crippen molar-refractivity contribution < 1.29 is 19.1 Å². The molecule has 1 aromatic rings. The molecule has 8 heteroatoms. The van der Waals surface area contributed by atoms with Gasteiger partial charge in [0.1, 0.15) is 6.04 Å². The van der Waals surface area contributed by atoms with Gasteiger partial charge in [0.25, 0.3) is 5.91 Å². The fourth-order valence-electron chi connectivity index (χ4n) is 4.24. The summed E-state index contributed by atoms with van der Waals surface area (Å²) in [4.78, 5) is 38.0. The van der Waals surface area contributed by atoms with Crippen LogP contribution in [0.25, 0.3) is 0 Å². The number of hydrogen-bond donors (Lipinski definition) is 3. The lowest BCUT2D eigenvalue weighted by Crippen LogP contribution is -2.52. The summed E-state index contributed by atoms with van der Waals surface area (Å²) in [6.07, 6.45) is 0.649. The molecule has 2 unspecified atom stereocenters. The van der Waals surface area contributed by atoms with E-state index in [-0.39, 0.29) is 29.6 Å². The summed E-state index contributed by atoms with van der Waals surface area (Å²) in [5.41, 5.74) is 2.65. The third-order valence-electron chi connectivity index (χ3n) is 5.90. The van der Waals surface area contributed by atoms with E-state index in [1.54, 1.807) is 4.90 Å². The van der Waals surface area contributed by atoms with Crippen LogP contribution in [-0.4, -0.2) is 61.5 Å². The van der Waals surface area contributed by atoms with Crippen molar-refractivity contribution in [3.8, 4) is 0 Å². The highest BCUT2D eigenvalue weighted by Gasteiger charge is 2.39. The van der Waals surface area contributed by atoms with E-state index in [0.717, 1.165) is 44.0 Å². The summed E-state index contributed by atoms with van der Waals surface area (Å²) in [6, 6.07) is 5.34. The van der Waals surface area contributed by atoms with Crippen molar-refractivity contribution in [3.05, 3.63) is 34.9 Å². The molecule has 2 fully saturated rings. The van der Waals surface area contributed by atoms with Crippen molar-refractivity contribution in [2.75, 3.05) is 32.8 Å². The number of carbonyl (C=O) groups excluding carboxylic acids is 3. The van der Waals surface area contributed by atoms with E-state index in [1.165, 1.54) is 0 Å². The number of amides is 3. The Hall–Kier alpha value is -2.29. The van der Waals surface area contributed by atoms with Gasteiger partial charge >= 0.3 is 0 Å². The molecule has 1 aromatic carbocycles. The molecular weight excluding hydrogens is 372 g/mol. The Bertz CT molecular complexity index is 817. The van der Waals surface area contributed by atoms with E-state index in [9.17, 15) is 14.4 Å². The highest BCUT2D eigenvalue weighted by Crippen LogP contribution is 2.28. The smallest absolute Gasteiger partial charge is 0.255 e. The molecule has 0 spiro atoms. The number of imide groups is 1. The Morgan fingerprint density at radius 1 is 1.31 bits per heavy atom. The first-order valence-corrected chi connectivity index (χ1v) is 10.2. The number of nitrogens with zero attached hydrogens (tertiary/aromatic N) is 1. The van der Waals surface area contributed by atoms with Crippen LogP contribution in [0.4, 0.5) is 0 Å². The molecule has 0 aromatic heterocycles. The highest BCUT2D eigenvalue weighted by atomic mass is 16.5. The predicted octanol–water partition coefficient (Wildman–Crippen LogP) is 0.163. The lowest BCUT2D eigenvalue weighted by molar-refractivity contribution is -0.136. The quantitative estimate of drug-likeness (QED) is 0.609. The Morgan fingerprint density at radius 3 is 3.00 bits per heavy atom. The maximum Gasteiger partial charge on any atom is 0.255 e. The molecule has 3 aliphatic heterocycles. The molecule has 0 radical (unpaired) electrons. The van der Waals surface area contributed by atoms with Crippen LogP contribution in [0.1, 0.15) is 41.3 Å². The molecule has 0 aliphatic carbocycles. The van der Waals surface area contributed by atoms with Crippen LogP contribution >= 0.6 is 0 Å². The zero-order chi connectivity index (χ0) is 20.4. The van der Waals surface area contributed by atoms with Gasteiger partial charge in [0.2, 0.25) is 11.8 Å². The number of rotatable bonds is 5.